The monoisotopic (exact) mass is 302 g/mol. The predicted octanol–water partition coefficient (Wildman–Crippen LogP) is 4.39. The molecule has 1 aliphatic rings. The van der Waals surface area contributed by atoms with Gasteiger partial charge < -0.3 is 9.84 Å². The van der Waals surface area contributed by atoms with Crippen LogP contribution in [0.3, 0.4) is 0 Å². The Labute approximate surface area is 136 Å². The summed E-state index contributed by atoms with van der Waals surface area (Å²) in [7, 11) is 0. The molecule has 4 rings (SSSR count). The molecule has 0 radical (unpaired) electrons. The molecule has 1 saturated heterocycles. The van der Waals surface area contributed by atoms with Crippen LogP contribution in [0.25, 0.3) is 0 Å². The molecule has 114 valence electrons. The number of hydrogen-bond donors (Lipinski definition) is 1. The van der Waals surface area contributed by atoms with E-state index < -0.39 is 11.7 Å². The molecular formula is C21H18O2. The predicted molar refractivity (Wildman–Crippen MR) is 89.8 cm³/mol. The molecule has 1 N–H and O–H groups in total. The van der Waals surface area contributed by atoms with Crippen molar-refractivity contribution in [1.29, 1.82) is 0 Å². The second-order valence-electron chi connectivity index (χ2n) is 5.88. The van der Waals surface area contributed by atoms with Crippen LogP contribution >= 0.6 is 0 Å². The van der Waals surface area contributed by atoms with Gasteiger partial charge in [-0.05, 0) is 16.7 Å². The van der Waals surface area contributed by atoms with E-state index in [1.54, 1.807) is 0 Å². The van der Waals surface area contributed by atoms with Crippen LogP contribution in [0.15, 0.2) is 91.0 Å². The number of benzene rings is 3. The molecule has 2 heteroatoms. The summed E-state index contributed by atoms with van der Waals surface area (Å²) in [5, 5.41) is 11.1. The third kappa shape index (κ3) is 2.37. The average Bonchev–Trinajstić information content (AvgIpc) is 3.40. The number of aliphatic hydroxyl groups excluding tert-OH is 1. The Morgan fingerprint density at radius 1 is 0.739 bits per heavy atom. The van der Waals surface area contributed by atoms with Crippen LogP contribution in [0.2, 0.25) is 0 Å². The summed E-state index contributed by atoms with van der Waals surface area (Å²) in [5.74, 6) is 0. The smallest absolute Gasteiger partial charge is 0.154 e. The molecule has 2 nitrogen and oxygen atoms in total. The van der Waals surface area contributed by atoms with Crippen molar-refractivity contribution >= 4 is 0 Å². The van der Waals surface area contributed by atoms with Gasteiger partial charge in [-0.3, -0.25) is 0 Å². The molecular weight excluding hydrogens is 284 g/mol. The van der Waals surface area contributed by atoms with Crippen LogP contribution < -0.4 is 0 Å². The standard InChI is InChI=1S/C21H18O2/c22-19(16-10-4-1-5-11-16)21(18-14-8-3-9-15-18)20(23-21)17-12-6-2-7-13-17/h1-15,19-20,22H/t19?,20-,21+/m1/s1. The molecule has 0 bridgehead atoms. The van der Waals surface area contributed by atoms with Gasteiger partial charge in [0.2, 0.25) is 0 Å². The fraction of sp³-hybridized carbons (Fsp3) is 0.143. The molecule has 1 heterocycles. The van der Waals surface area contributed by atoms with E-state index in [1.807, 2.05) is 91.0 Å². The lowest BCUT2D eigenvalue weighted by molar-refractivity contribution is 0.0730. The van der Waals surface area contributed by atoms with Gasteiger partial charge in [0.15, 0.2) is 5.60 Å². The van der Waals surface area contributed by atoms with E-state index >= 15 is 0 Å². The van der Waals surface area contributed by atoms with Crippen LogP contribution in [0.5, 0.6) is 0 Å². The van der Waals surface area contributed by atoms with Crippen molar-refractivity contribution in [3.63, 3.8) is 0 Å². The second kappa shape index (κ2) is 5.65. The molecule has 3 aromatic rings. The molecule has 3 atom stereocenters. The Morgan fingerprint density at radius 2 is 1.26 bits per heavy atom. The maximum Gasteiger partial charge on any atom is 0.154 e. The summed E-state index contributed by atoms with van der Waals surface area (Å²) in [5.41, 5.74) is 2.25. The summed E-state index contributed by atoms with van der Waals surface area (Å²) >= 11 is 0. The molecule has 0 saturated carbocycles. The fourth-order valence-electron chi connectivity index (χ4n) is 3.27. The van der Waals surface area contributed by atoms with Gasteiger partial charge >= 0.3 is 0 Å². The molecule has 23 heavy (non-hydrogen) atoms. The minimum Gasteiger partial charge on any atom is -0.385 e. The highest BCUT2D eigenvalue weighted by Crippen LogP contribution is 2.63. The van der Waals surface area contributed by atoms with Crippen molar-refractivity contribution in [2.24, 2.45) is 0 Å². The second-order valence-corrected chi connectivity index (χ2v) is 5.88. The van der Waals surface area contributed by atoms with E-state index in [0.717, 1.165) is 16.7 Å². The molecule has 1 aliphatic heterocycles. The molecule has 1 unspecified atom stereocenters. The molecule has 3 aromatic carbocycles. The number of epoxide rings is 1. The Bertz CT molecular complexity index is 771. The first-order valence-electron chi connectivity index (χ1n) is 7.83. The van der Waals surface area contributed by atoms with Crippen molar-refractivity contribution in [1.82, 2.24) is 0 Å². The average molecular weight is 302 g/mol. The highest BCUT2D eigenvalue weighted by Gasteiger charge is 2.63. The third-order valence-corrected chi connectivity index (χ3v) is 4.49. The Kier molecular flexibility index (Phi) is 3.49. The van der Waals surface area contributed by atoms with Gasteiger partial charge in [0.1, 0.15) is 12.2 Å². The van der Waals surface area contributed by atoms with E-state index in [-0.39, 0.29) is 6.10 Å². The van der Waals surface area contributed by atoms with E-state index in [2.05, 4.69) is 0 Å². The largest absolute Gasteiger partial charge is 0.385 e. The Hall–Kier alpha value is -2.42. The first-order chi connectivity index (χ1) is 11.3. The van der Waals surface area contributed by atoms with Gasteiger partial charge in [-0.25, -0.2) is 0 Å². The van der Waals surface area contributed by atoms with Gasteiger partial charge in [-0.15, -0.1) is 0 Å². The van der Waals surface area contributed by atoms with Crippen molar-refractivity contribution in [2.75, 3.05) is 0 Å². The summed E-state index contributed by atoms with van der Waals surface area (Å²) < 4.78 is 6.14. The maximum atomic E-state index is 11.1. The van der Waals surface area contributed by atoms with E-state index in [0.29, 0.717) is 0 Å². The fourth-order valence-corrected chi connectivity index (χ4v) is 3.27. The normalized spacial score (nSPS) is 24.1. The van der Waals surface area contributed by atoms with Crippen LogP contribution in [0, 0.1) is 0 Å². The number of ether oxygens (including phenoxy) is 1. The van der Waals surface area contributed by atoms with E-state index in [1.165, 1.54) is 0 Å². The van der Waals surface area contributed by atoms with Crippen LogP contribution in [-0.2, 0) is 10.3 Å². The maximum absolute atomic E-state index is 11.1. The lowest BCUT2D eigenvalue weighted by Crippen LogP contribution is -2.21. The lowest BCUT2D eigenvalue weighted by atomic mass is 9.84. The Morgan fingerprint density at radius 3 is 1.87 bits per heavy atom. The minimum atomic E-state index is -0.718. The van der Waals surface area contributed by atoms with Crippen molar-refractivity contribution in [3.05, 3.63) is 108 Å². The van der Waals surface area contributed by atoms with Gasteiger partial charge in [-0.1, -0.05) is 91.0 Å². The molecule has 0 aliphatic carbocycles. The first-order valence-corrected chi connectivity index (χ1v) is 7.83. The number of hydrogen-bond acceptors (Lipinski definition) is 2. The highest BCUT2D eigenvalue weighted by molar-refractivity contribution is 5.40. The van der Waals surface area contributed by atoms with Crippen molar-refractivity contribution in [2.45, 2.75) is 17.8 Å². The lowest BCUT2D eigenvalue weighted by Gasteiger charge is -2.21. The summed E-state index contributed by atoms with van der Waals surface area (Å²) in [6.45, 7) is 0. The van der Waals surface area contributed by atoms with Gasteiger partial charge in [0.25, 0.3) is 0 Å². The van der Waals surface area contributed by atoms with E-state index in [9.17, 15) is 5.11 Å². The topological polar surface area (TPSA) is 32.8 Å². The van der Waals surface area contributed by atoms with Crippen LogP contribution in [-0.4, -0.2) is 5.11 Å². The molecule has 0 aromatic heterocycles. The van der Waals surface area contributed by atoms with Crippen molar-refractivity contribution < 1.29 is 9.84 Å². The van der Waals surface area contributed by atoms with Gasteiger partial charge in [0.05, 0.1) is 0 Å². The van der Waals surface area contributed by atoms with Crippen LogP contribution in [0.4, 0.5) is 0 Å². The first kappa shape index (κ1) is 14.2. The highest BCUT2D eigenvalue weighted by atomic mass is 16.6. The van der Waals surface area contributed by atoms with Crippen molar-refractivity contribution in [3.8, 4) is 0 Å². The summed E-state index contributed by atoms with van der Waals surface area (Å²) in [4.78, 5) is 0. The van der Waals surface area contributed by atoms with Gasteiger partial charge in [0, 0.05) is 0 Å². The quantitative estimate of drug-likeness (QED) is 0.725. The van der Waals surface area contributed by atoms with Gasteiger partial charge in [-0.2, -0.15) is 0 Å². The number of aliphatic hydroxyl groups is 1. The van der Waals surface area contributed by atoms with Crippen LogP contribution in [0.1, 0.15) is 28.9 Å². The minimum absolute atomic E-state index is 0.138. The third-order valence-electron chi connectivity index (χ3n) is 4.49. The number of rotatable bonds is 4. The molecule has 0 spiro atoms. The molecule has 1 fully saturated rings. The SMILES string of the molecule is OC(c1ccccc1)[C@]1(c2ccccc2)O[C@@H]1c1ccccc1. The summed E-state index contributed by atoms with van der Waals surface area (Å²) in [6, 6.07) is 29.8. The zero-order valence-corrected chi connectivity index (χ0v) is 12.7. The molecule has 0 amide bonds. The Balaban J connectivity index is 1.78. The zero-order valence-electron chi connectivity index (χ0n) is 12.7. The zero-order chi connectivity index (χ0) is 15.7. The summed E-state index contributed by atoms with van der Waals surface area (Å²) in [6.07, 6.45) is -0.849. The van der Waals surface area contributed by atoms with E-state index in [4.69, 9.17) is 4.74 Å².